The van der Waals surface area contributed by atoms with Crippen molar-refractivity contribution in [1.82, 2.24) is 10.3 Å². The molecule has 2 rings (SSSR count). The summed E-state index contributed by atoms with van der Waals surface area (Å²) in [6.07, 6.45) is 3.88. The lowest BCUT2D eigenvalue weighted by Crippen LogP contribution is -2.29. The monoisotopic (exact) mass is 349 g/mol. The number of nitro groups is 1. The fraction of sp³-hybridized carbons (Fsp3) is 0.250. The lowest BCUT2D eigenvalue weighted by Gasteiger charge is -2.18. The molecule has 2 aromatic rings. The third-order valence-electron chi connectivity index (χ3n) is 3.41. The maximum atomic E-state index is 12.4. The largest absolute Gasteiger partial charge is 0.385 e. The smallest absolute Gasteiger partial charge is 0.287 e. The Morgan fingerprint density at radius 3 is 2.83 bits per heavy atom. The number of nitrogens with zero attached hydrogens (tertiary/aromatic N) is 2. The van der Waals surface area contributed by atoms with Crippen molar-refractivity contribution in [3.05, 3.63) is 69.0 Å². The maximum Gasteiger partial charge on any atom is 0.287 e. The van der Waals surface area contributed by atoms with E-state index in [1.807, 2.05) is 6.07 Å². The predicted octanol–water partition coefficient (Wildman–Crippen LogP) is 3.15. The van der Waals surface area contributed by atoms with Gasteiger partial charge in [-0.2, -0.15) is 0 Å². The molecule has 1 unspecified atom stereocenters. The number of carbonyl (C=O) groups is 1. The molecule has 0 saturated heterocycles. The Bertz CT molecular complexity index is 725. The number of pyridine rings is 1. The molecule has 0 fully saturated rings. The van der Waals surface area contributed by atoms with Crippen molar-refractivity contribution >= 4 is 23.2 Å². The minimum Gasteiger partial charge on any atom is -0.385 e. The number of amides is 1. The van der Waals surface area contributed by atoms with Gasteiger partial charge in [0.25, 0.3) is 11.6 Å². The van der Waals surface area contributed by atoms with Gasteiger partial charge in [-0.3, -0.25) is 19.9 Å². The summed E-state index contributed by atoms with van der Waals surface area (Å²) >= 11 is 5.85. The van der Waals surface area contributed by atoms with Crippen LogP contribution in [0.3, 0.4) is 0 Å². The number of methoxy groups -OCH3 is 1. The Labute approximate surface area is 143 Å². The van der Waals surface area contributed by atoms with Gasteiger partial charge in [-0.05, 0) is 30.2 Å². The molecule has 7 nitrogen and oxygen atoms in total. The van der Waals surface area contributed by atoms with Crippen LogP contribution in [0.5, 0.6) is 0 Å². The molecule has 0 aliphatic rings. The zero-order chi connectivity index (χ0) is 17.5. The van der Waals surface area contributed by atoms with Crippen LogP contribution in [0.4, 0.5) is 5.69 Å². The fourth-order valence-electron chi connectivity index (χ4n) is 2.18. The number of ether oxygens (including phenoxy) is 1. The van der Waals surface area contributed by atoms with E-state index in [2.05, 4.69) is 10.3 Å². The van der Waals surface area contributed by atoms with Crippen molar-refractivity contribution in [2.24, 2.45) is 0 Å². The summed E-state index contributed by atoms with van der Waals surface area (Å²) in [6, 6.07) is 7.22. The Hall–Kier alpha value is -2.51. The number of carbonyl (C=O) groups excluding carboxylic acids is 1. The van der Waals surface area contributed by atoms with Gasteiger partial charge in [0.1, 0.15) is 5.02 Å². The van der Waals surface area contributed by atoms with E-state index in [-0.39, 0.29) is 28.2 Å². The number of benzene rings is 1. The second-order valence-corrected chi connectivity index (χ2v) is 5.42. The van der Waals surface area contributed by atoms with Crippen LogP contribution >= 0.6 is 11.6 Å². The third kappa shape index (κ3) is 4.50. The Morgan fingerprint density at radius 2 is 2.25 bits per heavy atom. The second-order valence-electron chi connectivity index (χ2n) is 5.02. The molecule has 0 aliphatic carbocycles. The number of aromatic nitrogens is 1. The molecule has 0 aliphatic heterocycles. The van der Waals surface area contributed by atoms with Crippen LogP contribution < -0.4 is 5.32 Å². The van der Waals surface area contributed by atoms with Gasteiger partial charge in [-0.15, -0.1) is 0 Å². The van der Waals surface area contributed by atoms with Crippen LogP contribution in [0.2, 0.25) is 5.02 Å². The highest BCUT2D eigenvalue weighted by atomic mass is 35.5. The maximum absolute atomic E-state index is 12.4. The SMILES string of the molecule is COCCC(NC(=O)c1ccc([N+](=O)[O-])c(Cl)c1)c1cccnc1. The lowest BCUT2D eigenvalue weighted by atomic mass is 10.1. The standard InChI is InChI=1S/C16H16ClN3O4/c1-24-8-6-14(12-3-2-7-18-10-12)19-16(21)11-4-5-15(20(22)23)13(17)9-11/h2-5,7,9-10,14H,6,8H2,1H3,(H,19,21). The van der Waals surface area contributed by atoms with Crippen LogP contribution in [-0.2, 0) is 4.74 Å². The number of nitro benzene ring substituents is 1. The van der Waals surface area contributed by atoms with Crippen molar-refractivity contribution in [3.63, 3.8) is 0 Å². The normalized spacial score (nSPS) is 11.8. The molecule has 0 saturated carbocycles. The van der Waals surface area contributed by atoms with Gasteiger partial charge in [0.05, 0.1) is 11.0 Å². The summed E-state index contributed by atoms with van der Waals surface area (Å²) in [4.78, 5) is 26.7. The Kier molecular flexibility index (Phi) is 6.22. The first-order valence-electron chi connectivity index (χ1n) is 7.16. The van der Waals surface area contributed by atoms with Gasteiger partial charge in [-0.25, -0.2) is 0 Å². The topological polar surface area (TPSA) is 94.4 Å². The van der Waals surface area contributed by atoms with Crippen molar-refractivity contribution in [3.8, 4) is 0 Å². The number of nitrogens with one attached hydrogen (secondary N) is 1. The first-order valence-corrected chi connectivity index (χ1v) is 7.54. The van der Waals surface area contributed by atoms with E-state index in [9.17, 15) is 14.9 Å². The summed E-state index contributed by atoms with van der Waals surface area (Å²) in [7, 11) is 1.58. The van der Waals surface area contributed by atoms with Gasteiger partial charge in [0.15, 0.2) is 0 Å². The summed E-state index contributed by atoms with van der Waals surface area (Å²) < 4.78 is 5.07. The minimum absolute atomic E-state index is 0.0810. The van der Waals surface area contributed by atoms with E-state index in [4.69, 9.17) is 16.3 Å². The van der Waals surface area contributed by atoms with Gasteiger partial charge < -0.3 is 10.1 Å². The Balaban J connectivity index is 2.18. The highest BCUT2D eigenvalue weighted by Crippen LogP contribution is 2.25. The molecule has 0 bridgehead atoms. The molecule has 1 N–H and O–H groups in total. The van der Waals surface area contributed by atoms with Crippen molar-refractivity contribution in [1.29, 1.82) is 0 Å². The Morgan fingerprint density at radius 1 is 1.46 bits per heavy atom. The van der Waals surface area contributed by atoms with Crippen LogP contribution in [0.15, 0.2) is 42.7 Å². The third-order valence-corrected chi connectivity index (χ3v) is 3.71. The summed E-state index contributed by atoms with van der Waals surface area (Å²) in [5.41, 5.74) is 0.851. The predicted molar refractivity (Wildman–Crippen MR) is 89.0 cm³/mol. The zero-order valence-corrected chi connectivity index (χ0v) is 13.7. The molecule has 8 heteroatoms. The second kappa shape index (κ2) is 8.37. The van der Waals surface area contributed by atoms with Crippen LogP contribution in [0, 0.1) is 10.1 Å². The zero-order valence-electron chi connectivity index (χ0n) is 12.9. The molecule has 24 heavy (non-hydrogen) atoms. The summed E-state index contributed by atoms with van der Waals surface area (Å²) in [6.45, 7) is 0.459. The number of hydrogen-bond donors (Lipinski definition) is 1. The molecule has 0 spiro atoms. The van der Waals surface area contributed by atoms with E-state index < -0.39 is 4.92 Å². The first-order chi connectivity index (χ1) is 11.5. The highest BCUT2D eigenvalue weighted by molar-refractivity contribution is 6.33. The quantitative estimate of drug-likeness (QED) is 0.612. The van der Waals surface area contributed by atoms with Gasteiger partial charge in [0.2, 0.25) is 0 Å². The molecule has 1 heterocycles. The van der Waals surface area contributed by atoms with E-state index in [0.29, 0.717) is 13.0 Å². The van der Waals surface area contributed by atoms with Crippen LogP contribution in [0.25, 0.3) is 0 Å². The summed E-state index contributed by atoms with van der Waals surface area (Å²) in [5.74, 6) is -0.378. The van der Waals surface area contributed by atoms with Gasteiger partial charge in [0, 0.05) is 37.7 Å². The number of hydrogen-bond acceptors (Lipinski definition) is 5. The summed E-state index contributed by atoms with van der Waals surface area (Å²) in [5, 5.41) is 13.6. The number of rotatable bonds is 7. The van der Waals surface area contributed by atoms with Crippen LogP contribution in [-0.4, -0.2) is 29.5 Å². The molecule has 126 valence electrons. The van der Waals surface area contributed by atoms with Gasteiger partial charge >= 0.3 is 0 Å². The molecule has 0 radical (unpaired) electrons. The van der Waals surface area contributed by atoms with E-state index in [0.717, 1.165) is 5.56 Å². The van der Waals surface area contributed by atoms with Gasteiger partial charge in [-0.1, -0.05) is 17.7 Å². The molecule has 1 aromatic carbocycles. The average molecular weight is 350 g/mol. The average Bonchev–Trinajstić information content (AvgIpc) is 2.58. The number of halogens is 1. The van der Waals surface area contributed by atoms with Crippen molar-refractivity contribution in [2.45, 2.75) is 12.5 Å². The minimum atomic E-state index is -0.596. The molecule has 1 atom stereocenters. The van der Waals surface area contributed by atoms with Crippen molar-refractivity contribution < 1.29 is 14.5 Å². The van der Waals surface area contributed by atoms with Crippen molar-refractivity contribution in [2.75, 3.05) is 13.7 Å². The van der Waals surface area contributed by atoms with E-state index in [1.54, 1.807) is 25.6 Å². The molecule has 1 aromatic heterocycles. The molecule has 1 amide bonds. The first kappa shape index (κ1) is 17.8. The highest BCUT2D eigenvalue weighted by Gasteiger charge is 2.19. The molecular formula is C16H16ClN3O4. The fourth-order valence-corrected chi connectivity index (χ4v) is 2.43. The van der Waals surface area contributed by atoms with E-state index >= 15 is 0 Å². The van der Waals surface area contributed by atoms with E-state index in [1.165, 1.54) is 18.2 Å². The lowest BCUT2D eigenvalue weighted by molar-refractivity contribution is -0.384. The van der Waals surface area contributed by atoms with Crippen LogP contribution in [0.1, 0.15) is 28.4 Å². The molecular weight excluding hydrogens is 334 g/mol.